The summed E-state index contributed by atoms with van der Waals surface area (Å²) in [5.74, 6) is -0.269. The molecule has 1 saturated carbocycles. The Kier molecular flexibility index (Phi) is 7.22. The number of nitrogens with zero attached hydrogens (tertiary/aromatic N) is 1. The van der Waals surface area contributed by atoms with Crippen LogP contribution in [0.5, 0.6) is 0 Å². The van der Waals surface area contributed by atoms with Crippen molar-refractivity contribution in [2.24, 2.45) is 0 Å². The lowest BCUT2D eigenvalue weighted by molar-refractivity contribution is -0.119. The van der Waals surface area contributed by atoms with Crippen LogP contribution in [-0.2, 0) is 9.53 Å². The molecule has 0 spiro atoms. The minimum absolute atomic E-state index is 0.0942. The highest BCUT2D eigenvalue weighted by Crippen LogP contribution is 2.24. The van der Waals surface area contributed by atoms with E-state index in [1.54, 1.807) is 12.1 Å². The number of nitrogens with one attached hydrogen (secondary N) is 2. The molecule has 0 radical (unpaired) electrons. The summed E-state index contributed by atoms with van der Waals surface area (Å²) in [7, 11) is 0. The second kappa shape index (κ2) is 10.3. The van der Waals surface area contributed by atoms with Gasteiger partial charge in [0.15, 0.2) is 0 Å². The number of hydrogen-bond acceptors (Lipinski definition) is 4. The second-order valence-corrected chi connectivity index (χ2v) is 8.63. The Labute approximate surface area is 187 Å². The maximum absolute atomic E-state index is 12.7. The highest BCUT2D eigenvalue weighted by Gasteiger charge is 2.24. The molecule has 4 rings (SSSR count). The van der Waals surface area contributed by atoms with Gasteiger partial charge in [-0.3, -0.25) is 14.5 Å². The fourth-order valence-electron chi connectivity index (χ4n) is 4.24. The summed E-state index contributed by atoms with van der Waals surface area (Å²) in [4.78, 5) is 27.5. The van der Waals surface area contributed by atoms with Crippen LogP contribution in [0.4, 0.5) is 5.69 Å². The second-order valence-electron chi connectivity index (χ2n) is 8.19. The Balaban J connectivity index is 1.35. The fourth-order valence-corrected chi connectivity index (χ4v) is 4.37. The number of amides is 2. The highest BCUT2D eigenvalue weighted by atomic mass is 35.5. The van der Waals surface area contributed by atoms with Crippen molar-refractivity contribution in [3.8, 4) is 0 Å². The molecule has 1 aliphatic carbocycles. The Morgan fingerprint density at radius 2 is 1.81 bits per heavy atom. The van der Waals surface area contributed by atoms with Crippen molar-refractivity contribution in [2.45, 2.75) is 37.8 Å². The van der Waals surface area contributed by atoms with Gasteiger partial charge in [-0.25, -0.2) is 0 Å². The van der Waals surface area contributed by atoms with Crippen LogP contribution in [0.3, 0.4) is 0 Å². The maximum Gasteiger partial charge on any atom is 0.253 e. The summed E-state index contributed by atoms with van der Waals surface area (Å²) in [6.45, 7) is 2.10. The van der Waals surface area contributed by atoms with Crippen LogP contribution < -0.4 is 10.6 Å². The molecular formula is C24H28ClN3O3. The molecule has 0 aromatic heterocycles. The van der Waals surface area contributed by atoms with Crippen molar-refractivity contribution in [1.82, 2.24) is 10.2 Å². The molecule has 1 heterocycles. The Morgan fingerprint density at radius 1 is 1.06 bits per heavy atom. The van der Waals surface area contributed by atoms with Gasteiger partial charge in [0.2, 0.25) is 5.91 Å². The Hall–Kier alpha value is -2.41. The molecule has 1 atom stereocenters. The predicted molar refractivity (Wildman–Crippen MR) is 121 cm³/mol. The van der Waals surface area contributed by atoms with Gasteiger partial charge in [0.1, 0.15) is 0 Å². The Morgan fingerprint density at radius 3 is 2.58 bits per heavy atom. The minimum Gasteiger partial charge on any atom is -0.371 e. The smallest absolute Gasteiger partial charge is 0.253 e. The molecule has 2 aromatic carbocycles. The normalized spacial score (nSPS) is 19.8. The van der Waals surface area contributed by atoms with Crippen molar-refractivity contribution >= 4 is 29.1 Å². The quantitative estimate of drug-likeness (QED) is 0.710. The molecule has 0 bridgehead atoms. The third-order valence-corrected chi connectivity index (χ3v) is 6.15. The summed E-state index contributed by atoms with van der Waals surface area (Å²) in [6.07, 6.45) is 4.25. The number of carbonyl (C=O) groups is 2. The monoisotopic (exact) mass is 441 g/mol. The molecule has 2 aliphatic rings. The van der Waals surface area contributed by atoms with Crippen LogP contribution >= 0.6 is 11.6 Å². The van der Waals surface area contributed by atoms with Crippen molar-refractivity contribution in [1.29, 1.82) is 0 Å². The van der Waals surface area contributed by atoms with E-state index in [9.17, 15) is 9.59 Å². The van der Waals surface area contributed by atoms with E-state index in [1.807, 2.05) is 36.4 Å². The molecular weight excluding hydrogens is 414 g/mol. The first-order valence-electron chi connectivity index (χ1n) is 10.9. The number of ether oxygens (including phenoxy) is 1. The van der Waals surface area contributed by atoms with Gasteiger partial charge in [-0.1, -0.05) is 48.7 Å². The van der Waals surface area contributed by atoms with Gasteiger partial charge in [-0.15, -0.1) is 0 Å². The number of benzene rings is 2. The van der Waals surface area contributed by atoms with Crippen LogP contribution in [0.1, 0.15) is 47.7 Å². The zero-order chi connectivity index (χ0) is 21.6. The number of carbonyl (C=O) groups excluding carboxylic acids is 2. The average Bonchev–Trinajstić information content (AvgIpc) is 3.28. The summed E-state index contributed by atoms with van der Waals surface area (Å²) < 4.78 is 5.88. The Bertz CT molecular complexity index is 913. The van der Waals surface area contributed by atoms with Crippen LogP contribution in [0.2, 0.25) is 5.02 Å². The minimum atomic E-state index is -0.141. The van der Waals surface area contributed by atoms with Crippen molar-refractivity contribution < 1.29 is 14.3 Å². The number of hydrogen-bond donors (Lipinski definition) is 2. The number of para-hydroxylation sites is 1. The SMILES string of the molecule is O=C(CN1CCOC(c2ccc(Cl)cc2)C1)Nc1ccccc1C(=O)NC1CCCC1. The van der Waals surface area contributed by atoms with E-state index < -0.39 is 0 Å². The van der Waals surface area contributed by atoms with Crippen LogP contribution in [-0.4, -0.2) is 49.0 Å². The first kappa shape index (κ1) is 21.8. The number of halogens is 1. The largest absolute Gasteiger partial charge is 0.371 e. The first-order chi connectivity index (χ1) is 15.1. The predicted octanol–water partition coefficient (Wildman–Crippen LogP) is 4.02. The topological polar surface area (TPSA) is 70.7 Å². The van der Waals surface area contributed by atoms with Crippen molar-refractivity contribution in [2.75, 3.05) is 31.6 Å². The van der Waals surface area contributed by atoms with E-state index in [1.165, 1.54) is 0 Å². The molecule has 1 unspecified atom stereocenters. The van der Waals surface area contributed by atoms with Gasteiger partial charge in [0.25, 0.3) is 5.91 Å². The maximum atomic E-state index is 12.7. The van der Waals surface area contributed by atoms with Gasteiger partial charge in [0, 0.05) is 24.2 Å². The van der Waals surface area contributed by atoms with Crippen LogP contribution in [0.15, 0.2) is 48.5 Å². The summed E-state index contributed by atoms with van der Waals surface area (Å²) in [5.41, 5.74) is 2.10. The zero-order valence-corrected chi connectivity index (χ0v) is 18.2. The lowest BCUT2D eigenvalue weighted by Crippen LogP contribution is -2.42. The summed E-state index contributed by atoms with van der Waals surface area (Å²) >= 11 is 5.97. The third-order valence-electron chi connectivity index (χ3n) is 5.90. The van der Waals surface area contributed by atoms with E-state index in [2.05, 4.69) is 15.5 Å². The molecule has 2 aromatic rings. The summed E-state index contributed by atoms with van der Waals surface area (Å²) in [6, 6.07) is 15.0. The number of anilines is 1. The van der Waals surface area contributed by atoms with Gasteiger partial charge >= 0.3 is 0 Å². The molecule has 2 N–H and O–H groups in total. The standard InChI is InChI=1S/C24H28ClN3O3/c25-18-11-9-17(10-12-18)22-15-28(13-14-31-22)16-23(29)27-21-8-4-3-7-20(21)24(30)26-19-5-1-2-6-19/h3-4,7-12,19,22H,1-2,5-6,13-16H2,(H,26,30)(H,27,29). The lowest BCUT2D eigenvalue weighted by Gasteiger charge is -2.32. The average molecular weight is 442 g/mol. The van der Waals surface area contributed by atoms with E-state index in [4.69, 9.17) is 16.3 Å². The van der Waals surface area contributed by atoms with E-state index in [-0.39, 0.29) is 30.5 Å². The lowest BCUT2D eigenvalue weighted by atomic mass is 10.1. The van der Waals surface area contributed by atoms with Gasteiger partial charge in [-0.05, 0) is 42.7 Å². The third kappa shape index (κ3) is 5.85. The fraction of sp³-hybridized carbons (Fsp3) is 0.417. The van der Waals surface area contributed by atoms with Crippen molar-refractivity contribution in [3.05, 3.63) is 64.7 Å². The van der Waals surface area contributed by atoms with E-state index in [0.717, 1.165) is 31.2 Å². The molecule has 2 fully saturated rings. The number of rotatable bonds is 6. The van der Waals surface area contributed by atoms with E-state index >= 15 is 0 Å². The molecule has 6 nitrogen and oxygen atoms in total. The first-order valence-corrected chi connectivity index (χ1v) is 11.3. The molecule has 7 heteroatoms. The van der Waals surface area contributed by atoms with Gasteiger partial charge in [-0.2, -0.15) is 0 Å². The van der Waals surface area contributed by atoms with Crippen LogP contribution in [0.25, 0.3) is 0 Å². The zero-order valence-electron chi connectivity index (χ0n) is 17.5. The van der Waals surface area contributed by atoms with Gasteiger partial charge < -0.3 is 15.4 Å². The number of morpholine rings is 1. The molecule has 1 saturated heterocycles. The van der Waals surface area contributed by atoms with Gasteiger partial charge in [0.05, 0.1) is 30.5 Å². The molecule has 1 aliphatic heterocycles. The van der Waals surface area contributed by atoms with E-state index in [0.29, 0.717) is 36.0 Å². The highest BCUT2D eigenvalue weighted by molar-refractivity contribution is 6.30. The molecule has 31 heavy (non-hydrogen) atoms. The molecule has 164 valence electrons. The van der Waals surface area contributed by atoms with Crippen LogP contribution in [0, 0.1) is 0 Å². The van der Waals surface area contributed by atoms with Crippen molar-refractivity contribution in [3.63, 3.8) is 0 Å². The molecule has 2 amide bonds. The summed E-state index contributed by atoms with van der Waals surface area (Å²) in [5, 5.41) is 6.70.